The van der Waals surface area contributed by atoms with Crippen LogP contribution in [-0.4, -0.2) is 21.8 Å². The van der Waals surface area contributed by atoms with Gasteiger partial charge in [0.15, 0.2) is 0 Å². The molecule has 0 fully saturated rings. The SMILES string of the molecule is CC(C)(C)C(=O)NCc1ccc(F)c(Cc2nc3cc(C(=O)Nc4ccc(F)c(Cl)c4)c(F)cc3[nH]2)c1F. The molecule has 4 rings (SSSR count). The molecule has 3 N–H and O–H groups in total. The summed E-state index contributed by atoms with van der Waals surface area (Å²) in [5, 5.41) is 4.85. The summed E-state index contributed by atoms with van der Waals surface area (Å²) in [4.78, 5) is 31.8. The molecule has 0 radical (unpaired) electrons. The second kappa shape index (κ2) is 10.4. The van der Waals surface area contributed by atoms with Gasteiger partial charge in [-0.2, -0.15) is 0 Å². The van der Waals surface area contributed by atoms with Crippen LogP contribution in [-0.2, 0) is 17.8 Å². The number of anilines is 1. The molecule has 0 aliphatic rings. The van der Waals surface area contributed by atoms with Crippen LogP contribution in [0.1, 0.15) is 48.1 Å². The van der Waals surface area contributed by atoms with Crippen molar-refractivity contribution in [1.29, 1.82) is 0 Å². The fourth-order valence-corrected chi connectivity index (χ4v) is 3.85. The highest BCUT2D eigenvalue weighted by Crippen LogP contribution is 2.25. The molecule has 0 bridgehead atoms. The van der Waals surface area contributed by atoms with E-state index < -0.39 is 34.6 Å². The zero-order chi connectivity index (χ0) is 27.8. The van der Waals surface area contributed by atoms with Crippen LogP contribution in [0, 0.1) is 28.7 Å². The van der Waals surface area contributed by atoms with Gasteiger partial charge in [-0.05, 0) is 30.3 Å². The summed E-state index contributed by atoms with van der Waals surface area (Å²) in [5.74, 6) is -4.15. The van der Waals surface area contributed by atoms with Crippen molar-refractivity contribution in [3.8, 4) is 0 Å². The Hall–Kier alpha value is -3.92. The van der Waals surface area contributed by atoms with Gasteiger partial charge < -0.3 is 15.6 Å². The molecule has 6 nitrogen and oxygen atoms in total. The van der Waals surface area contributed by atoms with Gasteiger partial charge in [0, 0.05) is 41.3 Å². The van der Waals surface area contributed by atoms with Crippen LogP contribution >= 0.6 is 11.6 Å². The highest BCUT2D eigenvalue weighted by Gasteiger charge is 2.23. The molecule has 0 atom stereocenters. The van der Waals surface area contributed by atoms with Gasteiger partial charge in [-0.1, -0.05) is 38.4 Å². The molecule has 0 saturated carbocycles. The molecular formula is C27H23ClF4N4O2. The van der Waals surface area contributed by atoms with Gasteiger partial charge in [-0.25, -0.2) is 22.5 Å². The summed E-state index contributed by atoms with van der Waals surface area (Å²) >= 11 is 5.72. The molecule has 0 saturated heterocycles. The highest BCUT2D eigenvalue weighted by molar-refractivity contribution is 6.31. The Morgan fingerprint density at radius 1 is 0.974 bits per heavy atom. The lowest BCUT2D eigenvalue weighted by atomic mass is 9.95. The number of imidazole rings is 1. The number of carbonyl (C=O) groups is 2. The van der Waals surface area contributed by atoms with Crippen LogP contribution in [0.4, 0.5) is 23.2 Å². The molecule has 198 valence electrons. The maximum Gasteiger partial charge on any atom is 0.258 e. The van der Waals surface area contributed by atoms with Crippen molar-refractivity contribution in [3.63, 3.8) is 0 Å². The van der Waals surface area contributed by atoms with Gasteiger partial charge in [0.25, 0.3) is 5.91 Å². The van der Waals surface area contributed by atoms with Gasteiger partial charge in [-0.3, -0.25) is 9.59 Å². The number of fused-ring (bicyclic) bond motifs is 1. The Bertz CT molecular complexity index is 1560. The van der Waals surface area contributed by atoms with E-state index in [-0.39, 0.29) is 63.1 Å². The quantitative estimate of drug-likeness (QED) is 0.249. The lowest BCUT2D eigenvalue weighted by Crippen LogP contribution is -2.34. The fourth-order valence-electron chi connectivity index (χ4n) is 3.67. The maximum atomic E-state index is 15.1. The van der Waals surface area contributed by atoms with E-state index in [2.05, 4.69) is 20.6 Å². The third-order valence-electron chi connectivity index (χ3n) is 5.77. The normalized spacial score (nSPS) is 11.6. The topological polar surface area (TPSA) is 86.9 Å². The van der Waals surface area contributed by atoms with Crippen LogP contribution in [0.5, 0.6) is 0 Å². The number of halogens is 5. The van der Waals surface area contributed by atoms with E-state index in [1.165, 1.54) is 24.3 Å². The molecule has 3 aromatic carbocycles. The number of nitrogens with one attached hydrogen (secondary N) is 3. The van der Waals surface area contributed by atoms with Crippen LogP contribution in [0.3, 0.4) is 0 Å². The molecular weight excluding hydrogens is 524 g/mol. The number of nitrogens with zero attached hydrogens (tertiary/aromatic N) is 1. The van der Waals surface area contributed by atoms with Crippen molar-refractivity contribution in [1.82, 2.24) is 15.3 Å². The molecule has 0 aliphatic carbocycles. The zero-order valence-corrected chi connectivity index (χ0v) is 21.4. The number of aromatic amines is 1. The number of hydrogen-bond acceptors (Lipinski definition) is 3. The summed E-state index contributed by atoms with van der Waals surface area (Å²) in [6.45, 7) is 5.02. The minimum absolute atomic E-state index is 0.0982. The second-order valence-corrected chi connectivity index (χ2v) is 10.1. The van der Waals surface area contributed by atoms with Crippen molar-refractivity contribution in [3.05, 3.63) is 93.3 Å². The molecule has 38 heavy (non-hydrogen) atoms. The third kappa shape index (κ3) is 5.80. The lowest BCUT2D eigenvalue weighted by Gasteiger charge is -2.18. The van der Waals surface area contributed by atoms with Crippen LogP contribution in [0.2, 0.25) is 5.02 Å². The lowest BCUT2D eigenvalue weighted by molar-refractivity contribution is -0.128. The Balaban J connectivity index is 1.57. The monoisotopic (exact) mass is 546 g/mol. The smallest absolute Gasteiger partial charge is 0.258 e. The van der Waals surface area contributed by atoms with Gasteiger partial charge in [0.1, 0.15) is 29.1 Å². The van der Waals surface area contributed by atoms with Gasteiger partial charge in [0.2, 0.25) is 5.91 Å². The number of rotatable bonds is 6. The maximum absolute atomic E-state index is 15.1. The van der Waals surface area contributed by atoms with Crippen molar-refractivity contribution in [2.75, 3.05) is 5.32 Å². The average Bonchev–Trinajstić information content (AvgIpc) is 3.23. The Labute approximate surface area is 220 Å². The first-order valence-electron chi connectivity index (χ1n) is 11.5. The van der Waals surface area contributed by atoms with Crippen LogP contribution < -0.4 is 10.6 Å². The first kappa shape index (κ1) is 27.1. The number of amides is 2. The summed E-state index contributed by atoms with van der Waals surface area (Å²) < 4.78 is 57.8. The van der Waals surface area contributed by atoms with E-state index in [1.54, 1.807) is 20.8 Å². The van der Waals surface area contributed by atoms with E-state index >= 15 is 4.39 Å². The molecule has 0 spiro atoms. The molecule has 1 heterocycles. The minimum Gasteiger partial charge on any atom is -0.351 e. The Kier molecular flexibility index (Phi) is 7.46. The minimum atomic E-state index is -0.868. The average molecular weight is 547 g/mol. The van der Waals surface area contributed by atoms with E-state index in [0.717, 1.165) is 18.2 Å². The molecule has 4 aromatic rings. The van der Waals surface area contributed by atoms with Crippen LogP contribution in [0.15, 0.2) is 42.5 Å². The first-order chi connectivity index (χ1) is 17.8. The van der Waals surface area contributed by atoms with E-state index in [9.17, 15) is 22.8 Å². The van der Waals surface area contributed by atoms with E-state index in [1.807, 2.05) is 0 Å². The van der Waals surface area contributed by atoms with E-state index in [0.29, 0.717) is 0 Å². The summed E-state index contributed by atoms with van der Waals surface area (Å²) in [6.07, 6.45) is -0.287. The van der Waals surface area contributed by atoms with Gasteiger partial charge in [-0.15, -0.1) is 0 Å². The molecule has 0 unspecified atom stereocenters. The van der Waals surface area contributed by atoms with E-state index in [4.69, 9.17) is 11.6 Å². The van der Waals surface area contributed by atoms with Crippen molar-refractivity contribution >= 4 is 40.1 Å². The predicted octanol–water partition coefficient (Wildman–Crippen LogP) is 6.28. The zero-order valence-electron chi connectivity index (χ0n) is 20.6. The second-order valence-electron chi connectivity index (χ2n) is 9.72. The van der Waals surface area contributed by atoms with Crippen molar-refractivity contribution in [2.45, 2.75) is 33.7 Å². The van der Waals surface area contributed by atoms with Crippen molar-refractivity contribution < 1.29 is 27.2 Å². The van der Waals surface area contributed by atoms with Gasteiger partial charge >= 0.3 is 0 Å². The summed E-state index contributed by atoms with van der Waals surface area (Å²) in [7, 11) is 0. The number of carbonyl (C=O) groups excluding carboxylic acids is 2. The van der Waals surface area contributed by atoms with Crippen molar-refractivity contribution in [2.24, 2.45) is 5.41 Å². The third-order valence-corrected chi connectivity index (χ3v) is 6.06. The first-order valence-corrected chi connectivity index (χ1v) is 11.9. The molecule has 11 heteroatoms. The Morgan fingerprint density at radius 2 is 1.68 bits per heavy atom. The highest BCUT2D eigenvalue weighted by atomic mass is 35.5. The summed E-state index contributed by atoms with van der Waals surface area (Å²) in [6, 6.07) is 8.11. The number of hydrogen-bond donors (Lipinski definition) is 3. The summed E-state index contributed by atoms with van der Waals surface area (Å²) in [5.41, 5.74) is -0.631. The van der Waals surface area contributed by atoms with Crippen LogP contribution in [0.25, 0.3) is 11.0 Å². The number of aromatic nitrogens is 2. The predicted molar refractivity (Wildman–Crippen MR) is 136 cm³/mol. The standard InChI is InChI=1S/C27H23ClF4N4O2/c1-27(2,3)26(38)33-12-13-4-6-18(29)15(24(13)32)10-23-35-21-9-16(20(31)11-22(21)36-23)25(37)34-14-5-7-19(30)17(28)8-14/h4-9,11H,10,12H2,1-3H3,(H,33,38)(H,34,37)(H,35,36). The Morgan fingerprint density at radius 3 is 2.37 bits per heavy atom. The number of benzene rings is 3. The van der Waals surface area contributed by atoms with Gasteiger partial charge in [0.05, 0.1) is 21.6 Å². The molecule has 2 amide bonds. The largest absolute Gasteiger partial charge is 0.351 e. The number of H-pyrrole nitrogens is 1. The molecule has 1 aromatic heterocycles. The molecule has 0 aliphatic heterocycles. The fraction of sp³-hybridized carbons (Fsp3) is 0.222.